The van der Waals surface area contributed by atoms with Crippen molar-refractivity contribution in [1.29, 1.82) is 0 Å². The number of carbonyl (C=O) groups is 2. The SMILES string of the molecule is CCC1(CC)CCN(C(=O)NCC(=O)O)CC1. The average molecular weight is 242 g/mol. The molecule has 1 saturated heterocycles. The molecule has 1 rings (SSSR count). The van der Waals surface area contributed by atoms with Crippen LogP contribution in [-0.2, 0) is 4.79 Å². The molecule has 0 bridgehead atoms. The van der Waals surface area contributed by atoms with E-state index < -0.39 is 5.97 Å². The Hall–Kier alpha value is -1.26. The van der Waals surface area contributed by atoms with Gasteiger partial charge < -0.3 is 15.3 Å². The number of likely N-dealkylation sites (tertiary alicyclic amines) is 1. The second-order valence-corrected chi connectivity index (χ2v) is 4.75. The third-order valence-corrected chi connectivity index (χ3v) is 4.00. The van der Waals surface area contributed by atoms with Gasteiger partial charge in [0.1, 0.15) is 6.54 Å². The normalized spacial score (nSPS) is 18.8. The van der Waals surface area contributed by atoms with Gasteiger partial charge in [-0.2, -0.15) is 0 Å². The third kappa shape index (κ3) is 3.61. The molecule has 5 nitrogen and oxygen atoms in total. The number of rotatable bonds is 4. The van der Waals surface area contributed by atoms with Crippen LogP contribution in [0, 0.1) is 5.41 Å². The topological polar surface area (TPSA) is 69.6 Å². The van der Waals surface area contributed by atoms with Gasteiger partial charge in [-0.15, -0.1) is 0 Å². The largest absolute Gasteiger partial charge is 0.480 e. The molecule has 0 aromatic heterocycles. The van der Waals surface area contributed by atoms with Crippen molar-refractivity contribution in [3.05, 3.63) is 0 Å². The number of nitrogens with one attached hydrogen (secondary N) is 1. The molecular formula is C12H22N2O3. The van der Waals surface area contributed by atoms with E-state index in [4.69, 9.17) is 5.11 Å². The molecule has 0 aromatic carbocycles. The minimum absolute atomic E-state index is 0.256. The Bertz CT molecular complexity index is 277. The Labute approximate surface area is 102 Å². The Balaban J connectivity index is 2.40. The smallest absolute Gasteiger partial charge is 0.323 e. The van der Waals surface area contributed by atoms with Crippen LogP contribution in [0.1, 0.15) is 39.5 Å². The van der Waals surface area contributed by atoms with E-state index in [1.165, 1.54) is 0 Å². The Morgan fingerprint density at radius 1 is 1.24 bits per heavy atom. The van der Waals surface area contributed by atoms with E-state index in [1.807, 2.05) is 0 Å². The highest BCUT2D eigenvalue weighted by Crippen LogP contribution is 2.37. The second-order valence-electron chi connectivity index (χ2n) is 4.75. The molecule has 1 fully saturated rings. The van der Waals surface area contributed by atoms with Crippen molar-refractivity contribution in [2.24, 2.45) is 5.41 Å². The molecule has 0 aromatic rings. The molecule has 0 aliphatic carbocycles. The summed E-state index contributed by atoms with van der Waals surface area (Å²) >= 11 is 0. The van der Waals surface area contributed by atoms with E-state index in [9.17, 15) is 9.59 Å². The van der Waals surface area contributed by atoms with Crippen LogP contribution >= 0.6 is 0 Å². The van der Waals surface area contributed by atoms with Crippen LogP contribution in [0.4, 0.5) is 4.79 Å². The number of amides is 2. The summed E-state index contributed by atoms with van der Waals surface area (Å²) in [5, 5.41) is 10.9. The summed E-state index contributed by atoms with van der Waals surface area (Å²) in [5.41, 5.74) is 0.379. The lowest BCUT2D eigenvalue weighted by Crippen LogP contribution is -2.48. The molecule has 1 aliphatic heterocycles. The summed E-state index contributed by atoms with van der Waals surface area (Å²) < 4.78 is 0. The van der Waals surface area contributed by atoms with Gasteiger partial charge in [-0.05, 0) is 18.3 Å². The van der Waals surface area contributed by atoms with E-state index in [0.717, 1.165) is 38.8 Å². The predicted molar refractivity (Wildman–Crippen MR) is 64.9 cm³/mol. The van der Waals surface area contributed by atoms with Gasteiger partial charge in [0.2, 0.25) is 0 Å². The van der Waals surface area contributed by atoms with Crippen molar-refractivity contribution in [2.45, 2.75) is 39.5 Å². The fourth-order valence-corrected chi connectivity index (χ4v) is 2.40. The summed E-state index contributed by atoms with van der Waals surface area (Å²) in [6.07, 6.45) is 4.32. The number of urea groups is 1. The van der Waals surface area contributed by atoms with Gasteiger partial charge in [-0.25, -0.2) is 4.79 Å². The first-order chi connectivity index (χ1) is 8.03. The highest BCUT2D eigenvalue weighted by molar-refractivity contribution is 5.79. The minimum Gasteiger partial charge on any atom is -0.480 e. The van der Waals surface area contributed by atoms with Crippen molar-refractivity contribution in [3.8, 4) is 0 Å². The Morgan fingerprint density at radius 2 is 1.76 bits per heavy atom. The maximum absolute atomic E-state index is 11.6. The number of hydrogen-bond donors (Lipinski definition) is 2. The maximum atomic E-state index is 11.6. The highest BCUT2D eigenvalue weighted by Gasteiger charge is 2.32. The van der Waals surface area contributed by atoms with E-state index in [1.54, 1.807) is 4.90 Å². The lowest BCUT2D eigenvalue weighted by Gasteiger charge is -2.40. The lowest BCUT2D eigenvalue weighted by atomic mass is 9.74. The van der Waals surface area contributed by atoms with E-state index in [0.29, 0.717) is 5.41 Å². The van der Waals surface area contributed by atoms with Gasteiger partial charge in [0, 0.05) is 13.1 Å². The number of carboxylic acids is 1. The second kappa shape index (κ2) is 5.89. The number of aliphatic carboxylic acids is 1. The summed E-state index contributed by atoms with van der Waals surface area (Å²) in [6.45, 7) is 5.55. The summed E-state index contributed by atoms with van der Waals surface area (Å²) in [6, 6.07) is -0.256. The van der Waals surface area contributed by atoms with Crippen LogP contribution in [0.25, 0.3) is 0 Å². The third-order valence-electron chi connectivity index (χ3n) is 4.00. The quantitative estimate of drug-likeness (QED) is 0.788. The zero-order chi connectivity index (χ0) is 12.9. The molecule has 0 atom stereocenters. The average Bonchev–Trinajstić information content (AvgIpc) is 2.36. The van der Waals surface area contributed by atoms with E-state index in [-0.39, 0.29) is 12.6 Å². The summed E-state index contributed by atoms with van der Waals surface area (Å²) in [5.74, 6) is -1.01. The fourth-order valence-electron chi connectivity index (χ4n) is 2.40. The Morgan fingerprint density at radius 3 is 2.18 bits per heavy atom. The number of carbonyl (C=O) groups excluding carboxylic acids is 1. The number of carboxylic acid groups (broad SMARTS) is 1. The molecule has 0 unspecified atom stereocenters. The zero-order valence-corrected chi connectivity index (χ0v) is 10.7. The minimum atomic E-state index is -1.01. The van der Waals surface area contributed by atoms with Gasteiger partial charge in [-0.3, -0.25) is 4.79 Å². The summed E-state index contributed by atoms with van der Waals surface area (Å²) in [7, 11) is 0. The molecule has 0 spiro atoms. The van der Waals surface area contributed by atoms with Crippen LogP contribution in [0.3, 0.4) is 0 Å². The molecule has 0 radical (unpaired) electrons. The standard InChI is InChI=1S/C12H22N2O3/c1-3-12(4-2)5-7-14(8-6-12)11(17)13-9-10(15)16/h3-9H2,1-2H3,(H,13,17)(H,15,16). The van der Waals surface area contributed by atoms with Crippen molar-refractivity contribution in [3.63, 3.8) is 0 Å². The van der Waals surface area contributed by atoms with Gasteiger partial charge in [-0.1, -0.05) is 26.7 Å². The van der Waals surface area contributed by atoms with Crippen LogP contribution < -0.4 is 5.32 Å². The van der Waals surface area contributed by atoms with E-state index >= 15 is 0 Å². The first-order valence-electron chi connectivity index (χ1n) is 6.27. The molecule has 1 aliphatic rings. The lowest BCUT2D eigenvalue weighted by molar-refractivity contribution is -0.135. The van der Waals surface area contributed by atoms with Gasteiger partial charge in [0.05, 0.1) is 0 Å². The molecule has 1 heterocycles. The monoisotopic (exact) mass is 242 g/mol. The number of nitrogens with zero attached hydrogens (tertiary/aromatic N) is 1. The molecule has 98 valence electrons. The van der Waals surface area contributed by atoms with Crippen molar-refractivity contribution in [1.82, 2.24) is 10.2 Å². The molecular weight excluding hydrogens is 220 g/mol. The molecule has 5 heteroatoms. The molecule has 0 saturated carbocycles. The zero-order valence-electron chi connectivity index (χ0n) is 10.7. The predicted octanol–water partition coefficient (Wildman–Crippen LogP) is 1.68. The van der Waals surface area contributed by atoms with Crippen LogP contribution in [0.5, 0.6) is 0 Å². The number of hydrogen-bond acceptors (Lipinski definition) is 2. The molecule has 17 heavy (non-hydrogen) atoms. The fraction of sp³-hybridized carbons (Fsp3) is 0.833. The van der Waals surface area contributed by atoms with Crippen molar-refractivity contribution in [2.75, 3.05) is 19.6 Å². The highest BCUT2D eigenvalue weighted by atomic mass is 16.4. The van der Waals surface area contributed by atoms with Gasteiger partial charge in [0.15, 0.2) is 0 Å². The van der Waals surface area contributed by atoms with Crippen LogP contribution in [0.15, 0.2) is 0 Å². The first-order valence-corrected chi connectivity index (χ1v) is 6.27. The Kier molecular flexibility index (Phi) is 4.78. The maximum Gasteiger partial charge on any atom is 0.323 e. The van der Waals surface area contributed by atoms with E-state index in [2.05, 4.69) is 19.2 Å². The molecule has 2 N–H and O–H groups in total. The van der Waals surface area contributed by atoms with Gasteiger partial charge in [0.25, 0.3) is 0 Å². The molecule has 2 amide bonds. The van der Waals surface area contributed by atoms with Crippen LogP contribution in [-0.4, -0.2) is 41.6 Å². The summed E-state index contributed by atoms with van der Waals surface area (Å²) in [4.78, 5) is 23.7. The van der Waals surface area contributed by atoms with Crippen molar-refractivity contribution < 1.29 is 14.7 Å². The van der Waals surface area contributed by atoms with Crippen molar-refractivity contribution >= 4 is 12.0 Å². The van der Waals surface area contributed by atoms with Crippen LogP contribution in [0.2, 0.25) is 0 Å². The van der Waals surface area contributed by atoms with Gasteiger partial charge >= 0.3 is 12.0 Å². The number of piperidine rings is 1. The first kappa shape index (κ1) is 13.8.